The Hall–Kier alpha value is -1.87. The summed E-state index contributed by atoms with van der Waals surface area (Å²) in [5.41, 5.74) is 9.73. The van der Waals surface area contributed by atoms with Crippen LogP contribution in [0.1, 0.15) is 29.3 Å². The first kappa shape index (κ1) is 12.2. The molecule has 1 aromatic heterocycles. The van der Waals surface area contributed by atoms with E-state index in [0.717, 1.165) is 42.9 Å². The maximum Gasteiger partial charge on any atom is 0.127 e. The zero-order chi connectivity index (χ0) is 13.1. The Labute approximate surface area is 113 Å². The third kappa shape index (κ3) is 2.61. The minimum absolute atomic E-state index is 0.0667. The number of fused-ring (bicyclic) bond motifs is 1. The summed E-state index contributed by atoms with van der Waals surface area (Å²) in [5.74, 6) is 0.997. The fourth-order valence-electron chi connectivity index (χ4n) is 2.56. The van der Waals surface area contributed by atoms with E-state index in [9.17, 15) is 0 Å². The van der Waals surface area contributed by atoms with Crippen LogP contribution in [0.25, 0.3) is 0 Å². The van der Waals surface area contributed by atoms with Crippen LogP contribution in [0.5, 0.6) is 5.75 Å². The molecule has 0 saturated carbocycles. The Bertz CT molecular complexity index is 554. The number of hydrogen-bond donors (Lipinski definition) is 1. The second kappa shape index (κ2) is 5.41. The lowest BCUT2D eigenvalue weighted by atomic mass is 9.96. The van der Waals surface area contributed by atoms with Gasteiger partial charge in [-0.3, -0.25) is 4.98 Å². The van der Waals surface area contributed by atoms with E-state index in [4.69, 9.17) is 10.5 Å². The standard InChI is InChI=1S/C16H18N2O/c17-15(11-13-7-1-2-9-18-13)14-8-3-5-12-6-4-10-19-16(12)14/h1-3,5,7-9,15H,4,6,10-11,17H2. The summed E-state index contributed by atoms with van der Waals surface area (Å²) in [7, 11) is 0. The van der Waals surface area contributed by atoms with Gasteiger partial charge in [-0.15, -0.1) is 0 Å². The zero-order valence-corrected chi connectivity index (χ0v) is 10.9. The van der Waals surface area contributed by atoms with E-state index in [1.54, 1.807) is 6.20 Å². The number of pyridine rings is 1. The Balaban J connectivity index is 1.86. The van der Waals surface area contributed by atoms with E-state index in [-0.39, 0.29) is 6.04 Å². The molecule has 3 rings (SSSR count). The molecule has 1 atom stereocenters. The molecule has 0 aliphatic carbocycles. The van der Waals surface area contributed by atoms with Crippen LogP contribution in [0.4, 0.5) is 0 Å². The molecule has 1 aromatic carbocycles. The number of benzene rings is 1. The Morgan fingerprint density at radius 3 is 3.00 bits per heavy atom. The maximum absolute atomic E-state index is 6.33. The molecule has 1 aliphatic rings. The van der Waals surface area contributed by atoms with E-state index in [2.05, 4.69) is 23.2 Å². The molecule has 0 bridgehead atoms. The summed E-state index contributed by atoms with van der Waals surface area (Å²) in [6, 6.07) is 12.1. The first-order valence-electron chi connectivity index (χ1n) is 6.74. The second-order valence-corrected chi connectivity index (χ2v) is 4.92. The van der Waals surface area contributed by atoms with Gasteiger partial charge < -0.3 is 10.5 Å². The van der Waals surface area contributed by atoms with Crippen molar-refractivity contribution >= 4 is 0 Å². The van der Waals surface area contributed by atoms with E-state index in [1.807, 2.05) is 18.2 Å². The highest BCUT2D eigenvalue weighted by Crippen LogP contribution is 2.32. The lowest BCUT2D eigenvalue weighted by Gasteiger charge is -2.23. The highest BCUT2D eigenvalue weighted by Gasteiger charge is 2.18. The van der Waals surface area contributed by atoms with Crippen molar-refractivity contribution in [3.8, 4) is 5.75 Å². The first-order valence-corrected chi connectivity index (χ1v) is 6.74. The highest BCUT2D eigenvalue weighted by molar-refractivity contribution is 5.44. The van der Waals surface area contributed by atoms with Gasteiger partial charge in [0.05, 0.1) is 6.61 Å². The Morgan fingerprint density at radius 1 is 1.21 bits per heavy atom. The average Bonchev–Trinajstić information content (AvgIpc) is 2.47. The quantitative estimate of drug-likeness (QED) is 0.916. The van der Waals surface area contributed by atoms with Gasteiger partial charge in [0.2, 0.25) is 0 Å². The Morgan fingerprint density at radius 2 is 2.16 bits per heavy atom. The van der Waals surface area contributed by atoms with Crippen molar-refractivity contribution < 1.29 is 4.74 Å². The van der Waals surface area contributed by atoms with Gasteiger partial charge in [-0.2, -0.15) is 0 Å². The van der Waals surface area contributed by atoms with Gasteiger partial charge in [0.25, 0.3) is 0 Å². The number of ether oxygens (including phenoxy) is 1. The zero-order valence-electron chi connectivity index (χ0n) is 10.9. The predicted octanol–water partition coefficient (Wildman–Crippen LogP) is 2.65. The smallest absolute Gasteiger partial charge is 0.127 e. The summed E-state index contributed by atoms with van der Waals surface area (Å²) in [5, 5.41) is 0. The van der Waals surface area contributed by atoms with Gasteiger partial charge >= 0.3 is 0 Å². The molecule has 1 unspecified atom stereocenters. The maximum atomic E-state index is 6.33. The number of aryl methyl sites for hydroxylation is 1. The predicted molar refractivity (Wildman–Crippen MR) is 75.1 cm³/mol. The normalized spacial score (nSPS) is 15.4. The number of hydrogen-bond acceptors (Lipinski definition) is 3. The molecule has 3 heteroatoms. The fraction of sp³-hybridized carbons (Fsp3) is 0.312. The lowest BCUT2D eigenvalue weighted by Crippen LogP contribution is -2.18. The molecule has 19 heavy (non-hydrogen) atoms. The number of rotatable bonds is 3. The fourth-order valence-corrected chi connectivity index (χ4v) is 2.56. The van der Waals surface area contributed by atoms with Crippen LogP contribution in [-0.2, 0) is 12.8 Å². The largest absolute Gasteiger partial charge is 0.493 e. The lowest BCUT2D eigenvalue weighted by molar-refractivity contribution is 0.283. The van der Waals surface area contributed by atoms with Crippen molar-refractivity contribution in [2.45, 2.75) is 25.3 Å². The van der Waals surface area contributed by atoms with E-state index >= 15 is 0 Å². The minimum Gasteiger partial charge on any atom is -0.493 e. The van der Waals surface area contributed by atoms with Gasteiger partial charge in [-0.05, 0) is 30.5 Å². The van der Waals surface area contributed by atoms with E-state index in [0.29, 0.717) is 0 Å². The van der Waals surface area contributed by atoms with Crippen molar-refractivity contribution in [3.63, 3.8) is 0 Å². The molecule has 98 valence electrons. The molecule has 0 radical (unpaired) electrons. The molecule has 1 aliphatic heterocycles. The third-order valence-corrected chi connectivity index (χ3v) is 3.52. The molecule has 2 heterocycles. The molecule has 0 amide bonds. The van der Waals surface area contributed by atoms with E-state index < -0.39 is 0 Å². The SMILES string of the molecule is NC(Cc1ccccn1)c1cccc2c1OCCC2. The van der Waals surface area contributed by atoms with Gasteiger partial charge in [0.15, 0.2) is 0 Å². The number of para-hydroxylation sites is 1. The molecule has 2 aromatic rings. The number of nitrogens with zero attached hydrogens (tertiary/aromatic N) is 1. The Kier molecular flexibility index (Phi) is 3.47. The van der Waals surface area contributed by atoms with Crippen molar-refractivity contribution in [3.05, 3.63) is 59.4 Å². The van der Waals surface area contributed by atoms with Crippen molar-refractivity contribution in [1.82, 2.24) is 4.98 Å². The van der Waals surface area contributed by atoms with Crippen molar-refractivity contribution in [2.75, 3.05) is 6.61 Å². The van der Waals surface area contributed by atoms with E-state index in [1.165, 1.54) is 5.56 Å². The molecular formula is C16H18N2O. The van der Waals surface area contributed by atoms with Crippen LogP contribution in [-0.4, -0.2) is 11.6 Å². The van der Waals surface area contributed by atoms with Crippen LogP contribution in [0.15, 0.2) is 42.6 Å². The molecule has 0 saturated heterocycles. The highest BCUT2D eigenvalue weighted by atomic mass is 16.5. The van der Waals surface area contributed by atoms with Gasteiger partial charge in [-0.1, -0.05) is 24.3 Å². The second-order valence-electron chi connectivity index (χ2n) is 4.92. The van der Waals surface area contributed by atoms with Crippen molar-refractivity contribution in [2.24, 2.45) is 5.73 Å². The average molecular weight is 254 g/mol. The molecule has 3 nitrogen and oxygen atoms in total. The number of aromatic nitrogens is 1. The monoisotopic (exact) mass is 254 g/mol. The first-order chi connectivity index (χ1) is 9.34. The van der Waals surface area contributed by atoms with Crippen LogP contribution in [0.2, 0.25) is 0 Å². The van der Waals surface area contributed by atoms with Gasteiger partial charge in [-0.25, -0.2) is 0 Å². The number of nitrogens with two attached hydrogens (primary N) is 1. The van der Waals surface area contributed by atoms with Gasteiger partial charge in [0.1, 0.15) is 5.75 Å². The molecule has 2 N–H and O–H groups in total. The topological polar surface area (TPSA) is 48.1 Å². The van der Waals surface area contributed by atoms with Gasteiger partial charge in [0, 0.05) is 29.9 Å². The van der Waals surface area contributed by atoms with Crippen LogP contribution in [0.3, 0.4) is 0 Å². The summed E-state index contributed by atoms with van der Waals surface area (Å²) in [6.07, 6.45) is 4.71. The summed E-state index contributed by atoms with van der Waals surface area (Å²) in [6.45, 7) is 0.792. The summed E-state index contributed by atoms with van der Waals surface area (Å²) >= 11 is 0. The minimum atomic E-state index is -0.0667. The molecular weight excluding hydrogens is 236 g/mol. The summed E-state index contributed by atoms with van der Waals surface area (Å²) < 4.78 is 5.81. The van der Waals surface area contributed by atoms with Crippen LogP contribution >= 0.6 is 0 Å². The van der Waals surface area contributed by atoms with Crippen LogP contribution < -0.4 is 10.5 Å². The summed E-state index contributed by atoms with van der Waals surface area (Å²) in [4.78, 5) is 4.34. The van der Waals surface area contributed by atoms with Crippen molar-refractivity contribution in [1.29, 1.82) is 0 Å². The molecule has 0 fully saturated rings. The molecule has 0 spiro atoms. The van der Waals surface area contributed by atoms with Crippen LogP contribution in [0, 0.1) is 0 Å². The third-order valence-electron chi connectivity index (χ3n) is 3.52.